The molecule has 192 valence electrons. The Kier molecular flexibility index (Phi) is 5.20. The highest BCUT2D eigenvalue weighted by Crippen LogP contribution is 2.75. The molecule has 8 atom stereocenters. The summed E-state index contributed by atoms with van der Waals surface area (Å²) in [6.07, 6.45) is 8.03. The van der Waals surface area contributed by atoms with Crippen LogP contribution in [0.3, 0.4) is 0 Å². The third-order valence-corrected chi connectivity index (χ3v) is 12.9. The number of hydrogen-bond acceptors (Lipinski definition) is 3. The number of hydrogen-bond donors (Lipinski definition) is 3. The maximum Gasteiger partial charge on any atom is 0.313 e. The number of fused-ring (bicyclic) bond motifs is 6. The van der Waals surface area contributed by atoms with Crippen molar-refractivity contribution in [3.63, 3.8) is 0 Å². The fourth-order valence-corrected chi connectivity index (χ4v) is 10.7. The highest BCUT2D eigenvalue weighted by atomic mass is 16.4. The Labute approximate surface area is 206 Å². The van der Waals surface area contributed by atoms with Gasteiger partial charge in [-0.1, -0.05) is 59.6 Å². The van der Waals surface area contributed by atoms with Crippen LogP contribution in [0.2, 0.25) is 0 Å². The van der Waals surface area contributed by atoms with Gasteiger partial charge in [0.1, 0.15) is 0 Å². The van der Waals surface area contributed by atoms with Crippen molar-refractivity contribution < 1.29 is 20.1 Å². The van der Waals surface area contributed by atoms with Gasteiger partial charge >= 0.3 is 5.97 Å². The molecule has 0 saturated heterocycles. The molecule has 4 nitrogen and oxygen atoms in total. The zero-order valence-corrected chi connectivity index (χ0v) is 22.6. The third kappa shape index (κ3) is 2.88. The minimum Gasteiger partial charge on any atom is -0.481 e. The Bertz CT molecular complexity index is 932. The quantitative estimate of drug-likeness (QED) is 0.389. The summed E-state index contributed by atoms with van der Waals surface area (Å²) in [6, 6.07) is 0. The van der Waals surface area contributed by atoms with Gasteiger partial charge in [0.25, 0.3) is 0 Å². The number of aliphatic hydroxyl groups is 2. The minimum absolute atomic E-state index is 0.0107. The maximum absolute atomic E-state index is 12.8. The fourth-order valence-electron chi connectivity index (χ4n) is 10.7. The number of aliphatic hydroxyl groups excluding tert-OH is 2. The molecule has 8 unspecified atom stereocenters. The van der Waals surface area contributed by atoms with Gasteiger partial charge in [-0.2, -0.15) is 0 Å². The van der Waals surface area contributed by atoms with Crippen LogP contribution in [-0.4, -0.2) is 33.5 Å². The standard InChI is InChI=1S/C30H48O4/c1-25(2)12-14-30(24(33)34)15-13-28(6)18(19(30)16-25)8-9-22-27(5)17-20(31)23(32)26(3,4)21(27)10-11-29(22,28)7/h20-23,31-32H,8-17H2,1-7H3,(H,33,34). The summed E-state index contributed by atoms with van der Waals surface area (Å²) in [7, 11) is 0. The highest BCUT2D eigenvalue weighted by Gasteiger charge is 2.69. The number of carboxylic acids is 1. The molecule has 0 aromatic heterocycles. The molecule has 0 radical (unpaired) electrons. The van der Waals surface area contributed by atoms with Crippen LogP contribution >= 0.6 is 0 Å². The number of allylic oxidation sites excluding steroid dienone is 1. The van der Waals surface area contributed by atoms with Crippen molar-refractivity contribution in [3.05, 3.63) is 11.1 Å². The molecule has 0 spiro atoms. The van der Waals surface area contributed by atoms with Gasteiger partial charge < -0.3 is 15.3 Å². The molecule has 0 aromatic carbocycles. The Morgan fingerprint density at radius 2 is 1.47 bits per heavy atom. The zero-order chi connectivity index (χ0) is 25.1. The molecule has 4 saturated carbocycles. The van der Waals surface area contributed by atoms with Gasteiger partial charge in [-0.05, 0) is 103 Å². The molecule has 3 N–H and O–H groups in total. The van der Waals surface area contributed by atoms with Crippen LogP contribution in [0.1, 0.15) is 113 Å². The van der Waals surface area contributed by atoms with E-state index in [0.29, 0.717) is 18.3 Å². The molecule has 4 fully saturated rings. The zero-order valence-electron chi connectivity index (χ0n) is 22.6. The summed E-state index contributed by atoms with van der Waals surface area (Å²) >= 11 is 0. The molecular formula is C30H48O4. The van der Waals surface area contributed by atoms with Crippen molar-refractivity contribution in [2.75, 3.05) is 0 Å². The van der Waals surface area contributed by atoms with E-state index in [9.17, 15) is 20.1 Å². The van der Waals surface area contributed by atoms with E-state index in [1.807, 2.05) is 0 Å². The van der Waals surface area contributed by atoms with E-state index < -0.39 is 23.6 Å². The van der Waals surface area contributed by atoms with Crippen molar-refractivity contribution >= 4 is 5.97 Å². The second-order valence-electron chi connectivity index (χ2n) is 15.2. The topological polar surface area (TPSA) is 77.8 Å². The number of aliphatic carboxylic acids is 1. The lowest BCUT2D eigenvalue weighted by atomic mass is 9.34. The van der Waals surface area contributed by atoms with Gasteiger partial charge in [0.15, 0.2) is 0 Å². The molecule has 34 heavy (non-hydrogen) atoms. The molecule has 0 heterocycles. The van der Waals surface area contributed by atoms with E-state index in [0.717, 1.165) is 57.8 Å². The SMILES string of the molecule is CC1(C)CCC2(C(=O)O)CCC3(C)C(=C2C1)CCC1C2(C)CC(O)C(O)C(C)(C)C2CCC13C. The summed E-state index contributed by atoms with van der Waals surface area (Å²) in [5.41, 5.74) is 2.07. The van der Waals surface area contributed by atoms with E-state index in [1.165, 1.54) is 11.1 Å². The van der Waals surface area contributed by atoms with Gasteiger partial charge in [0, 0.05) is 0 Å². The first-order chi connectivity index (χ1) is 15.6. The molecule has 5 rings (SSSR count). The van der Waals surface area contributed by atoms with Crippen LogP contribution in [0, 0.1) is 44.3 Å². The van der Waals surface area contributed by atoms with Gasteiger partial charge in [0.2, 0.25) is 0 Å². The van der Waals surface area contributed by atoms with Crippen LogP contribution < -0.4 is 0 Å². The van der Waals surface area contributed by atoms with Crippen molar-refractivity contribution in [2.45, 2.75) is 125 Å². The van der Waals surface area contributed by atoms with Crippen molar-refractivity contribution in [2.24, 2.45) is 44.3 Å². The summed E-state index contributed by atoms with van der Waals surface area (Å²) in [5.74, 6) is 0.273. The fraction of sp³-hybridized carbons (Fsp3) is 0.900. The molecule has 0 aliphatic heterocycles. The molecular weight excluding hydrogens is 424 g/mol. The number of rotatable bonds is 1. The second-order valence-corrected chi connectivity index (χ2v) is 15.2. The van der Waals surface area contributed by atoms with Crippen molar-refractivity contribution in [1.82, 2.24) is 0 Å². The van der Waals surface area contributed by atoms with Gasteiger partial charge in [-0.3, -0.25) is 4.79 Å². The average Bonchev–Trinajstić information content (AvgIpc) is 2.72. The van der Waals surface area contributed by atoms with Gasteiger partial charge in [-0.25, -0.2) is 0 Å². The number of carboxylic acid groups (broad SMARTS) is 1. The van der Waals surface area contributed by atoms with E-state index >= 15 is 0 Å². The Balaban J connectivity index is 1.63. The largest absolute Gasteiger partial charge is 0.481 e. The van der Waals surface area contributed by atoms with E-state index in [1.54, 1.807) is 0 Å². The summed E-state index contributed by atoms with van der Waals surface area (Å²) < 4.78 is 0. The lowest BCUT2D eigenvalue weighted by Gasteiger charge is -2.71. The first kappa shape index (κ1) is 24.8. The smallest absolute Gasteiger partial charge is 0.313 e. The highest BCUT2D eigenvalue weighted by molar-refractivity contribution is 5.80. The first-order valence-corrected chi connectivity index (χ1v) is 13.9. The molecule has 0 bridgehead atoms. The number of carbonyl (C=O) groups is 1. The van der Waals surface area contributed by atoms with Crippen molar-refractivity contribution in [1.29, 1.82) is 0 Å². The molecule has 4 heteroatoms. The first-order valence-electron chi connectivity index (χ1n) is 13.9. The molecule has 5 aliphatic carbocycles. The lowest BCUT2D eigenvalue weighted by Crippen LogP contribution is -2.66. The monoisotopic (exact) mass is 472 g/mol. The molecule has 0 amide bonds. The predicted octanol–water partition coefficient (Wildman–Crippen LogP) is 6.35. The van der Waals surface area contributed by atoms with Crippen LogP contribution in [0.4, 0.5) is 0 Å². The summed E-state index contributed by atoms with van der Waals surface area (Å²) in [5, 5.41) is 32.4. The molecule has 5 aliphatic rings. The van der Waals surface area contributed by atoms with Gasteiger partial charge in [0.05, 0.1) is 17.6 Å². The van der Waals surface area contributed by atoms with Gasteiger partial charge in [-0.15, -0.1) is 0 Å². The predicted molar refractivity (Wildman–Crippen MR) is 134 cm³/mol. The normalized spacial score (nSPS) is 51.6. The lowest BCUT2D eigenvalue weighted by molar-refractivity contribution is -0.233. The van der Waals surface area contributed by atoms with E-state index in [2.05, 4.69) is 48.5 Å². The van der Waals surface area contributed by atoms with E-state index in [-0.39, 0.29) is 27.1 Å². The molecule has 0 aromatic rings. The Morgan fingerprint density at radius 1 is 0.824 bits per heavy atom. The average molecular weight is 473 g/mol. The Hall–Kier alpha value is -0.870. The van der Waals surface area contributed by atoms with E-state index in [4.69, 9.17) is 0 Å². The summed E-state index contributed by atoms with van der Waals surface area (Å²) in [4.78, 5) is 12.8. The second kappa shape index (κ2) is 7.12. The summed E-state index contributed by atoms with van der Waals surface area (Å²) in [6.45, 7) is 16.3. The van der Waals surface area contributed by atoms with Crippen LogP contribution in [0.15, 0.2) is 11.1 Å². The van der Waals surface area contributed by atoms with Crippen LogP contribution in [0.25, 0.3) is 0 Å². The van der Waals surface area contributed by atoms with Crippen molar-refractivity contribution in [3.8, 4) is 0 Å². The third-order valence-electron chi connectivity index (χ3n) is 12.9. The minimum atomic E-state index is -0.670. The van der Waals surface area contributed by atoms with Crippen LogP contribution in [0.5, 0.6) is 0 Å². The van der Waals surface area contributed by atoms with Crippen LogP contribution in [-0.2, 0) is 4.79 Å². The maximum atomic E-state index is 12.8. The Morgan fingerprint density at radius 3 is 2.12 bits per heavy atom.